The number of anilines is 2. The summed E-state index contributed by atoms with van der Waals surface area (Å²) in [5.41, 5.74) is 5.72. The van der Waals surface area contributed by atoms with Crippen molar-refractivity contribution in [1.82, 2.24) is 9.78 Å². The van der Waals surface area contributed by atoms with Crippen molar-refractivity contribution in [2.75, 3.05) is 16.8 Å². The average Bonchev–Trinajstić information content (AvgIpc) is 3.24. The molecule has 2 amide bonds. The van der Waals surface area contributed by atoms with E-state index in [9.17, 15) is 9.59 Å². The van der Waals surface area contributed by atoms with Crippen LogP contribution in [0.15, 0.2) is 42.5 Å². The Labute approximate surface area is 174 Å². The Balaban J connectivity index is 1.51. The molecule has 0 bridgehead atoms. The van der Waals surface area contributed by atoms with Crippen LogP contribution >= 0.6 is 11.6 Å². The monoisotopic (exact) mass is 408 g/mol. The summed E-state index contributed by atoms with van der Waals surface area (Å²) in [7, 11) is 0. The molecule has 3 aromatic rings. The summed E-state index contributed by atoms with van der Waals surface area (Å²) < 4.78 is 1.76. The van der Waals surface area contributed by atoms with Gasteiger partial charge in [-0.2, -0.15) is 5.10 Å². The highest BCUT2D eigenvalue weighted by atomic mass is 35.5. The van der Waals surface area contributed by atoms with E-state index in [1.165, 1.54) is 0 Å². The van der Waals surface area contributed by atoms with Crippen molar-refractivity contribution in [1.29, 1.82) is 0 Å². The molecule has 0 spiro atoms. The number of carbonyl (C=O) groups excluding carboxylic acids is 2. The molecular weight excluding hydrogens is 388 g/mol. The number of fused-ring (bicyclic) bond motifs is 1. The minimum Gasteiger partial charge on any atom is -0.322 e. The third-order valence-corrected chi connectivity index (χ3v) is 5.74. The lowest BCUT2D eigenvalue weighted by molar-refractivity contribution is -0.116. The summed E-state index contributed by atoms with van der Waals surface area (Å²) in [6.45, 7) is 6.01. The molecule has 0 atom stereocenters. The van der Waals surface area contributed by atoms with Crippen molar-refractivity contribution in [3.05, 3.63) is 70.0 Å². The summed E-state index contributed by atoms with van der Waals surface area (Å²) in [5.74, 6) is -0.158. The van der Waals surface area contributed by atoms with Crippen LogP contribution < -0.4 is 10.2 Å². The number of rotatable bonds is 3. The fourth-order valence-corrected chi connectivity index (χ4v) is 3.76. The van der Waals surface area contributed by atoms with Gasteiger partial charge in [0.15, 0.2) is 0 Å². The van der Waals surface area contributed by atoms with Gasteiger partial charge in [0.1, 0.15) is 0 Å². The highest BCUT2D eigenvalue weighted by molar-refractivity contribution is 6.31. The summed E-state index contributed by atoms with van der Waals surface area (Å²) in [4.78, 5) is 26.1. The van der Waals surface area contributed by atoms with Crippen LogP contribution in [0.5, 0.6) is 0 Å². The number of aromatic nitrogens is 2. The van der Waals surface area contributed by atoms with Crippen LogP contribution in [0.4, 0.5) is 11.4 Å². The lowest BCUT2D eigenvalue weighted by atomic mass is 10.1. The first-order valence-corrected chi connectivity index (χ1v) is 9.77. The number of carbonyl (C=O) groups is 2. The Hall–Kier alpha value is -3.12. The number of nitrogens with one attached hydrogen (secondary N) is 1. The molecule has 1 aliphatic rings. The van der Waals surface area contributed by atoms with Crippen molar-refractivity contribution < 1.29 is 9.59 Å². The number of aryl methyl sites for hydroxylation is 1. The molecule has 0 unspecified atom stereocenters. The average molecular weight is 409 g/mol. The van der Waals surface area contributed by atoms with Crippen molar-refractivity contribution in [2.45, 2.75) is 27.2 Å². The molecule has 2 heterocycles. The van der Waals surface area contributed by atoms with Gasteiger partial charge >= 0.3 is 0 Å². The first-order chi connectivity index (χ1) is 13.8. The predicted octanol–water partition coefficient (Wildman–Crippen LogP) is 4.30. The Morgan fingerprint density at radius 3 is 2.45 bits per heavy atom. The van der Waals surface area contributed by atoms with E-state index < -0.39 is 0 Å². The van der Waals surface area contributed by atoms with E-state index in [0.717, 1.165) is 34.7 Å². The van der Waals surface area contributed by atoms with Crippen LogP contribution in [0.3, 0.4) is 0 Å². The molecule has 4 rings (SSSR count). The fraction of sp³-hybridized carbons (Fsp3) is 0.227. The zero-order valence-corrected chi connectivity index (χ0v) is 17.2. The molecule has 1 aromatic heterocycles. The highest BCUT2D eigenvalue weighted by Crippen LogP contribution is 2.30. The molecule has 0 saturated carbocycles. The van der Waals surface area contributed by atoms with E-state index in [4.69, 9.17) is 11.6 Å². The van der Waals surface area contributed by atoms with Gasteiger partial charge in [0, 0.05) is 30.4 Å². The van der Waals surface area contributed by atoms with E-state index in [-0.39, 0.29) is 11.8 Å². The molecule has 7 heteroatoms. The highest BCUT2D eigenvalue weighted by Gasteiger charge is 2.22. The standard InChI is InChI=1S/C22H21ClN4O2/c1-13-21(23)14(2)27(25-13)19-7-4-16(5-8-19)22(29)24-18-6-9-20-17(12-18)10-11-26(20)15(3)28/h4-9,12H,10-11H2,1-3H3,(H,24,29). The largest absolute Gasteiger partial charge is 0.322 e. The Kier molecular flexibility index (Phi) is 4.88. The Morgan fingerprint density at radius 1 is 1.10 bits per heavy atom. The summed E-state index contributed by atoms with van der Waals surface area (Å²) in [5, 5.41) is 8.01. The number of nitrogens with zero attached hydrogens (tertiary/aromatic N) is 3. The van der Waals surface area contributed by atoms with E-state index >= 15 is 0 Å². The van der Waals surface area contributed by atoms with Gasteiger partial charge in [-0.3, -0.25) is 9.59 Å². The van der Waals surface area contributed by atoms with Crippen molar-refractivity contribution in [3.8, 4) is 5.69 Å². The van der Waals surface area contributed by atoms with Crippen LogP contribution in [-0.2, 0) is 11.2 Å². The van der Waals surface area contributed by atoms with Crippen LogP contribution in [0, 0.1) is 13.8 Å². The van der Waals surface area contributed by atoms with Crippen molar-refractivity contribution in [2.24, 2.45) is 0 Å². The first kappa shape index (κ1) is 19.2. The van der Waals surface area contributed by atoms with Gasteiger partial charge < -0.3 is 10.2 Å². The van der Waals surface area contributed by atoms with Crippen LogP contribution in [0.25, 0.3) is 5.69 Å². The fourth-order valence-electron chi connectivity index (χ4n) is 3.64. The second-order valence-electron chi connectivity index (χ2n) is 7.16. The quantitative estimate of drug-likeness (QED) is 0.702. The van der Waals surface area contributed by atoms with Crippen LogP contribution in [0.2, 0.25) is 5.02 Å². The van der Waals surface area contributed by atoms with Crippen LogP contribution in [-0.4, -0.2) is 28.1 Å². The lowest BCUT2D eigenvalue weighted by Crippen LogP contribution is -2.25. The SMILES string of the molecule is CC(=O)N1CCc2cc(NC(=O)c3ccc(-n4nc(C)c(Cl)c4C)cc3)ccc21. The number of hydrogen-bond donors (Lipinski definition) is 1. The zero-order chi connectivity index (χ0) is 20.7. The summed E-state index contributed by atoms with van der Waals surface area (Å²) in [6.07, 6.45) is 0.790. The van der Waals surface area contributed by atoms with Gasteiger partial charge in [0.25, 0.3) is 5.91 Å². The summed E-state index contributed by atoms with van der Waals surface area (Å²) in [6, 6.07) is 12.9. The van der Waals surface area contributed by atoms with Gasteiger partial charge in [-0.05, 0) is 68.3 Å². The predicted molar refractivity (Wildman–Crippen MR) is 114 cm³/mol. The number of halogens is 1. The molecule has 1 aliphatic heterocycles. The molecule has 6 nitrogen and oxygen atoms in total. The van der Waals surface area contributed by atoms with Crippen molar-refractivity contribution >= 4 is 34.8 Å². The Bertz CT molecular complexity index is 1120. The third-order valence-electron chi connectivity index (χ3n) is 5.19. The maximum atomic E-state index is 12.6. The number of amides is 2. The molecular formula is C22H21ClN4O2. The van der Waals surface area contributed by atoms with E-state index in [1.807, 2.05) is 44.2 Å². The number of hydrogen-bond acceptors (Lipinski definition) is 3. The molecule has 148 valence electrons. The molecule has 1 N–H and O–H groups in total. The van der Waals surface area contributed by atoms with E-state index in [0.29, 0.717) is 22.8 Å². The second kappa shape index (κ2) is 7.37. The maximum absolute atomic E-state index is 12.6. The third kappa shape index (κ3) is 3.51. The van der Waals surface area contributed by atoms with Crippen molar-refractivity contribution in [3.63, 3.8) is 0 Å². The molecule has 2 aromatic carbocycles. The van der Waals surface area contributed by atoms with E-state index in [1.54, 1.807) is 28.6 Å². The molecule has 29 heavy (non-hydrogen) atoms. The maximum Gasteiger partial charge on any atom is 0.255 e. The normalized spacial score (nSPS) is 12.8. The second-order valence-corrected chi connectivity index (χ2v) is 7.54. The minimum absolute atomic E-state index is 0.0320. The van der Waals surface area contributed by atoms with Gasteiger partial charge in [0.2, 0.25) is 5.91 Å². The van der Waals surface area contributed by atoms with Gasteiger partial charge in [-0.25, -0.2) is 4.68 Å². The number of benzene rings is 2. The van der Waals surface area contributed by atoms with E-state index in [2.05, 4.69) is 10.4 Å². The topological polar surface area (TPSA) is 67.2 Å². The summed E-state index contributed by atoms with van der Waals surface area (Å²) >= 11 is 6.22. The van der Waals surface area contributed by atoms with Gasteiger partial charge in [0.05, 0.1) is 22.1 Å². The van der Waals surface area contributed by atoms with Crippen LogP contribution in [0.1, 0.15) is 34.2 Å². The molecule has 0 aliphatic carbocycles. The Morgan fingerprint density at radius 2 is 1.83 bits per heavy atom. The zero-order valence-electron chi connectivity index (χ0n) is 16.5. The molecule has 0 saturated heterocycles. The first-order valence-electron chi connectivity index (χ1n) is 9.39. The minimum atomic E-state index is -0.190. The smallest absolute Gasteiger partial charge is 0.255 e. The van der Waals surface area contributed by atoms with Gasteiger partial charge in [-0.1, -0.05) is 11.6 Å². The molecule has 0 fully saturated rings. The molecule has 0 radical (unpaired) electrons. The van der Waals surface area contributed by atoms with Gasteiger partial charge in [-0.15, -0.1) is 0 Å². The lowest BCUT2D eigenvalue weighted by Gasteiger charge is -2.15.